The number of methoxy groups -OCH3 is 1. The van der Waals surface area contributed by atoms with E-state index < -0.39 is 23.9 Å². The van der Waals surface area contributed by atoms with E-state index in [0.29, 0.717) is 23.2 Å². The average Bonchev–Trinajstić information content (AvgIpc) is 2.89. The van der Waals surface area contributed by atoms with Gasteiger partial charge in [-0.1, -0.05) is 44.2 Å². The molecule has 4 rings (SSSR count). The molecule has 1 atom stereocenters. The van der Waals surface area contributed by atoms with Crippen LogP contribution in [0.1, 0.15) is 52.2 Å². The third kappa shape index (κ3) is 5.02. The number of anilines is 1. The molecule has 8 heteroatoms. The summed E-state index contributed by atoms with van der Waals surface area (Å²) >= 11 is 0. The summed E-state index contributed by atoms with van der Waals surface area (Å²) in [6, 6.07) is 14.0. The standard InChI is InChI=1S/C27H29N3O5/c1-4-23(25(31)29-21-13-9-7-11-18(21)26(32)34-3)35-27(33)24-17-10-6-8-12-20(17)28-22-14-15-30(5-2)16-19(22)24/h6-13,23H,4-5,14-16H2,1-3H3,(H,29,31). The van der Waals surface area contributed by atoms with E-state index >= 15 is 0 Å². The van der Waals surface area contributed by atoms with E-state index in [2.05, 4.69) is 17.1 Å². The van der Waals surface area contributed by atoms with Crippen molar-refractivity contribution in [3.8, 4) is 0 Å². The molecular weight excluding hydrogens is 446 g/mol. The lowest BCUT2D eigenvalue weighted by Gasteiger charge is -2.29. The largest absolute Gasteiger partial charge is 0.465 e. The van der Waals surface area contributed by atoms with Crippen molar-refractivity contribution >= 4 is 34.4 Å². The van der Waals surface area contributed by atoms with E-state index in [1.807, 2.05) is 24.3 Å². The molecule has 0 saturated heterocycles. The first-order chi connectivity index (χ1) is 17.0. The fraction of sp³-hybridized carbons (Fsp3) is 0.333. The van der Waals surface area contributed by atoms with Crippen molar-refractivity contribution in [1.82, 2.24) is 9.88 Å². The van der Waals surface area contributed by atoms with Crippen LogP contribution >= 0.6 is 0 Å². The van der Waals surface area contributed by atoms with Crippen molar-refractivity contribution in [3.63, 3.8) is 0 Å². The minimum atomic E-state index is -1.04. The zero-order chi connectivity index (χ0) is 24.9. The van der Waals surface area contributed by atoms with E-state index in [9.17, 15) is 14.4 Å². The minimum Gasteiger partial charge on any atom is -0.465 e. The molecule has 0 saturated carbocycles. The summed E-state index contributed by atoms with van der Waals surface area (Å²) in [5, 5.41) is 3.42. The number of carbonyl (C=O) groups excluding carboxylic acids is 3. The van der Waals surface area contributed by atoms with Crippen LogP contribution in [-0.4, -0.2) is 54.0 Å². The first kappa shape index (κ1) is 24.3. The maximum Gasteiger partial charge on any atom is 0.340 e. The van der Waals surface area contributed by atoms with Crippen LogP contribution in [0.15, 0.2) is 48.5 Å². The van der Waals surface area contributed by atoms with Crippen molar-refractivity contribution in [2.45, 2.75) is 39.3 Å². The Bertz CT molecular complexity index is 1270. The number of nitrogens with zero attached hydrogens (tertiary/aromatic N) is 2. The number of aromatic nitrogens is 1. The highest BCUT2D eigenvalue weighted by atomic mass is 16.5. The second-order valence-electron chi connectivity index (χ2n) is 8.38. The highest BCUT2D eigenvalue weighted by molar-refractivity contribution is 6.07. The Morgan fingerprint density at radius 3 is 2.54 bits per heavy atom. The summed E-state index contributed by atoms with van der Waals surface area (Å²) < 4.78 is 10.6. The fourth-order valence-corrected chi connectivity index (χ4v) is 4.35. The molecule has 3 aromatic rings. The number of amides is 1. The highest BCUT2D eigenvalue weighted by Gasteiger charge is 2.29. The van der Waals surface area contributed by atoms with Gasteiger partial charge in [-0.05, 0) is 31.2 Å². The van der Waals surface area contributed by atoms with Gasteiger partial charge in [0.25, 0.3) is 5.91 Å². The van der Waals surface area contributed by atoms with Gasteiger partial charge in [0, 0.05) is 36.2 Å². The van der Waals surface area contributed by atoms with Gasteiger partial charge in [-0.3, -0.25) is 14.7 Å². The van der Waals surface area contributed by atoms with Gasteiger partial charge in [-0.15, -0.1) is 0 Å². The molecule has 2 heterocycles. The smallest absolute Gasteiger partial charge is 0.340 e. The molecule has 1 aromatic heterocycles. The molecule has 0 aliphatic carbocycles. The van der Waals surface area contributed by atoms with Crippen LogP contribution in [0.4, 0.5) is 5.69 Å². The van der Waals surface area contributed by atoms with Crippen molar-refractivity contribution in [2.24, 2.45) is 0 Å². The van der Waals surface area contributed by atoms with Crippen LogP contribution in [-0.2, 0) is 27.2 Å². The molecule has 1 N–H and O–H groups in total. The van der Waals surface area contributed by atoms with Gasteiger partial charge in [-0.2, -0.15) is 0 Å². The number of rotatable bonds is 7. The Labute approximate surface area is 204 Å². The second-order valence-corrected chi connectivity index (χ2v) is 8.38. The number of ether oxygens (including phenoxy) is 2. The summed E-state index contributed by atoms with van der Waals surface area (Å²) in [6.07, 6.45) is -0.0257. The number of nitrogens with one attached hydrogen (secondary N) is 1. The van der Waals surface area contributed by atoms with Gasteiger partial charge in [0.05, 0.1) is 29.4 Å². The number of hydrogen-bond donors (Lipinski definition) is 1. The summed E-state index contributed by atoms with van der Waals surface area (Å²) in [7, 11) is 1.27. The predicted octanol–water partition coefficient (Wildman–Crippen LogP) is 3.97. The Hall–Kier alpha value is -3.78. The Morgan fingerprint density at radius 2 is 1.80 bits per heavy atom. The zero-order valence-electron chi connectivity index (χ0n) is 20.2. The van der Waals surface area contributed by atoms with E-state index in [0.717, 1.165) is 36.3 Å². The number of pyridine rings is 1. The lowest BCUT2D eigenvalue weighted by molar-refractivity contribution is -0.124. The molecule has 1 unspecified atom stereocenters. The van der Waals surface area contributed by atoms with Crippen molar-refractivity contribution in [3.05, 3.63) is 70.9 Å². The Kier molecular flexibility index (Phi) is 7.41. The van der Waals surface area contributed by atoms with Crippen LogP contribution in [0.5, 0.6) is 0 Å². The van der Waals surface area contributed by atoms with E-state index in [-0.39, 0.29) is 12.0 Å². The lowest BCUT2D eigenvalue weighted by Crippen LogP contribution is -2.35. The molecule has 0 radical (unpaired) electrons. The summed E-state index contributed by atoms with van der Waals surface area (Å²) in [5.74, 6) is -1.64. The summed E-state index contributed by atoms with van der Waals surface area (Å²) in [5.41, 5.74) is 3.46. The van der Waals surface area contributed by atoms with E-state index in [1.165, 1.54) is 7.11 Å². The number of fused-ring (bicyclic) bond motifs is 2. The zero-order valence-corrected chi connectivity index (χ0v) is 20.2. The maximum atomic E-state index is 13.6. The van der Waals surface area contributed by atoms with Crippen molar-refractivity contribution in [2.75, 3.05) is 25.5 Å². The SMILES string of the molecule is CCC(OC(=O)c1c2c(nc3ccccc13)CCN(CC)C2)C(=O)Nc1ccccc1C(=O)OC. The molecule has 0 fully saturated rings. The van der Waals surface area contributed by atoms with Gasteiger partial charge in [0.2, 0.25) is 0 Å². The molecule has 8 nitrogen and oxygen atoms in total. The third-order valence-corrected chi connectivity index (χ3v) is 6.28. The number of hydrogen-bond acceptors (Lipinski definition) is 7. The topological polar surface area (TPSA) is 97.8 Å². The van der Waals surface area contributed by atoms with E-state index in [4.69, 9.17) is 14.5 Å². The predicted molar refractivity (Wildman–Crippen MR) is 132 cm³/mol. The van der Waals surface area contributed by atoms with Crippen molar-refractivity contribution < 1.29 is 23.9 Å². The second kappa shape index (κ2) is 10.7. The summed E-state index contributed by atoms with van der Waals surface area (Å²) in [6.45, 7) is 6.19. The molecule has 1 aliphatic heterocycles. The molecule has 0 bridgehead atoms. The maximum absolute atomic E-state index is 13.6. The monoisotopic (exact) mass is 475 g/mol. The quantitative estimate of drug-likeness (QED) is 0.516. The van der Waals surface area contributed by atoms with Crippen LogP contribution in [0.25, 0.3) is 10.9 Å². The number of likely N-dealkylation sites (N-methyl/N-ethyl adjacent to an activating group) is 1. The third-order valence-electron chi connectivity index (χ3n) is 6.28. The Morgan fingerprint density at radius 1 is 1.06 bits per heavy atom. The van der Waals surface area contributed by atoms with Crippen LogP contribution in [0.3, 0.4) is 0 Å². The normalized spacial score (nSPS) is 14.1. The number of para-hydroxylation sites is 2. The minimum absolute atomic E-state index is 0.221. The molecule has 1 amide bonds. The van der Waals surface area contributed by atoms with Gasteiger partial charge in [0.15, 0.2) is 6.10 Å². The van der Waals surface area contributed by atoms with Gasteiger partial charge in [-0.25, -0.2) is 9.59 Å². The highest BCUT2D eigenvalue weighted by Crippen LogP contribution is 2.29. The van der Waals surface area contributed by atoms with Gasteiger partial charge >= 0.3 is 11.9 Å². The first-order valence-electron chi connectivity index (χ1n) is 11.8. The summed E-state index contributed by atoms with van der Waals surface area (Å²) in [4.78, 5) is 45.7. The van der Waals surface area contributed by atoms with Crippen molar-refractivity contribution in [1.29, 1.82) is 0 Å². The van der Waals surface area contributed by atoms with E-state index in [1.54, 1.807) is 31.2 Å². The molecule has 0 spiro atoms. The molecule has 1 aliphatic rings. The molecule has 35 heavy (non-hydrogen) atoms. The molecular formula is C27H29N3O5. The lowest BCUT2D eigenvalue weighted by atomic mass is 9.95. The van der Waals surface area contributed by atoms with Crippen LogP contribution in [0, 0.1) is 0 Å². The number of carbonyl (C=O) groups is 3. The average molecular weight is 476 g/mol. The van der Waals surface area contributed by atoms with Crippen LogP contribution in [0.2, 0.25) is 0 Å². The Balaban J connectivity index is 1.63. The van der Waals surface area contributed by atoms with Gasteiger partial charge in [0.1, 0.15) is 0 Å². The fourth-order valence-electron chi connectivity index (χ4n) is 4.35. The number of benzene rings is 2. The van der Waals surface area contributed by atoms with Gasteiger partial charge < -0.3 is 14.8 Å². The van der Waals surface area contributed by atoms with Crippen LogP contribution < -0.4 is 5.32 Å². The molecule has 182 valence electrons. The molecule has 2 aromatic carbocycles. The number of esters is 2. The first-order valence-corrected chi connectivity index (χ1v) is 11.8.